The molecule has 0 bridgehead atoms. The zero-order valence-corrected chi connectivity index (χ0v) is 14.1. The summed E-state index contributed by atoms with van der Waals surface area (Å²) in [6.45, 7) is 3.89. The normalized spacial score (nSPS) is 21.2. The second-order valence-corrected chi connectivity index (χ2v) is 5.74. The molecule has 4 heteroatoms. The molecule has 1 fully saturated rings. The van der Waals surface area contributed by atoms with Crippen molar-refractivity contribution in [3.63, 3.8) is 0 Å². The summed E-state index contributed by atoms with van der Waals surface area (Å²) in [6, 6.07) is 8.75. The van der Waals surface area contributed by atoms with E-state index < -0.39 is 0 Å². The van der Waals surface area contributed by atoms with Gasteiger partial charge in [-0.1, -0.05) is 56.2 Å². The number of rotatable bonds is 8. The van der Waals surface area contributed by atoms with Crippen LogP contribution in [-0.4, -0.2) is 30.4 Å². The molecule has 2 rings (SSSR count). The topological polar surface area (TPSA) is 41.5 Å². The standard InChI is InChI=1S/C18H27NO2.ClH/c1-2-3-4-5-6-15-7-9-16(10-8-15)14-21-18-11-17(13-20)19-12-18;/h5-10,17-20H,2-4,11-14H2,1H3;1H/b6-5+;/t17-,18+;/m1./s1. The molecule has 0 saturated carbocycles. The summed E-state index contributed by atoms with van der Waals surface area (Å²) in [6.07, 6.45) is 9.20. The van der Waals surface area contributed by atoms with Crippen molar-refractivity contribution in [1.82, 2.24) is 5.32 Å². The Morgan fingerprint density at radius 2 is 2.09 bits per heavy atom. The van der Waals surface area contributed by atoms with Gasteiger partial charge in [0.05, 0.1) is 19.3 Å². The number of nitrogens with one attached hydrogen (secondary N) is 1. The molecular weight excluding hydrogens is 298 g/mol. The number of hydrogen-bond acceptors (Lipinski definition) is 3. The van der Waals surface area contributed by atoms with Crippen molar-refractivity contribution in [2.45, 2.75) is 51.4 Å². The molecule has 0 amide bonds. The first-order chi connectivity index (χ1) is 10.3. The van der Waals surface area contributed by atoms with E-state index in [2.05, 4.69) is 48.7 Å². The van der Waals surface area contributed by atoms with Crippen LogP contribution in [0.1, 0.15) is 43.7 Å². The first kappa shape index (κ1) is 19.2. The summed E-state index contributed by atoms with van der Waals surface area (Å²) in [5.41, 5.74) is 2.45. The number of hydrogen-bond donors (Lipinski definition) is 2. The molecule has 1 saturated heterocycles. The molecule has 1 aromatic rings. The van der Waals surface area contributed by atoms with E-state index in [9.17, 15) is 0 Å². The van der Waals surface area contributed by atoms with Crippen LogP contribution >= 0.6 is 12.4 Å². The zero-order valence-electron chi connectivity index (χ0n) is 13.3. The molecule has 1 aliphatic rings. The molecule has 1 aliphatic heterocycles. The fourth-order valence-electron chi connectivity index (χ4n) is 2.53. The molecule has 1 heterocycles. The number of halogens is 1. The van der Waals surface area contributed by atoms with Crippen LogP contribution in [0.25, 0.3) is 6.08 Å². The van der Waals surface area contributed by atoms with Gasteiger partial charge in [-0.3, -0.25) is 0 Å². The van der Waals surface area contributed by atoms with E-state index in [4.69, 9.17) is 9.84 Å². The maximum atomic E-state index is 9.08. The lowest BCUT2D eigenvalue weighted by atomic mass is 10.1. The molecule has 2 atom stereocenters. The van der Waals surface area contributed by atoms with Gasteiger partial charge in [-0.25, -0.2) is 0 Å². The lowest BCUT2D eigenvalue weighted by molar-refractivity contribution is 0.0512. The van der Waals surface area contributed by atoms with Gasteiger partial charge in [-0.2, -0.15) is 0 Å². The number of allylic oxidation sites excluding steroid dienone is 1. The van der Waals surface area contributed by atoms with Crippen molar-refractivity contribution >= 4 is 18.5 Å². The van der Waals surface area contributed by atoms with Gasteiger partial charge in [-0.05, 0) is 24.0 Å². The number of aliphatic hydroxyl groups excluding tert-OH is 1. The van der Waals surface area contributed by atoms with Crippen LogP contribution in [0, 0.1) is 0 Å². The van der Waals surface area contributed by atoms with Gasteiger partial charge in [0, 0.05) is 12.6 Å². The Balaban J connectivity index is 0.00000242. The lowest BCUT2D eigenvalue weighted by Gasteiger charge is -2.11. The van der Waals surface area contributed by atoms with Gasteiger partial charge in [-0.15, -0.1) is 12.4 Å². The quantitative estimate of drug-likeness (QED) is 0.718. The van der Waals surface area contributed by atoms with Crippen molar-refractivity contribution in [1.29, 1.82) is 0 Å². The van der Waals surface area contributed by atoms with Crippen LogP contribution in [0.3, 0.4) is 0 Å². The Bertz CT molecular complexity index is 433. The maximum absolute atomic E-state index is 9.08. The van der Waals surface area contributed by atoms with E-state index in [-0.39, 0.29) is 31.2 Å². The zero-order chi connectivity index (χ0) is 14.9. The third-order valence-corrected chi connectivity index (χ3v) is 3.90. The Morgan fingerprint density at radius 3 is 2.73 bits per heavy atom. The second kappa shape index (κ2) is 10.8. The maximum Gasteiger partial charge on any atom is 0.0721 e. The SMILES string of the molecule is CCCC/C=C/c1ccc(CO[C@@H]2CN[C@@H](CO)C2)cc1.Cl. The van der Waals surface area contributed by atoms with E-state index >= 15 is 0 Å². The van der Waals surface area contributed by atoms with Crippen molar-refractivity contribution in [2.75, 3.05) is 13.2 Å². The monoisotopic (exact) mass is 325 g/mol. The van der Waals surface area contributed by atoms with Crippen LogP contribution in [0.15, 0.2) is 30.3 Å². The molecule has 0 aliphatic carbocycles. The molecule has 0 spiro atoms. The predicted molar refractivity (Wildman–Crippen MR) is 94.3 cm³/mol. The van der Waals surface area contributed by atoms with Crippen molar-refractivity contribution in [3.05, 3.63) is 41.5 Å². The molecule has 0 unspecified atom stereocenters. The fraction of sp³-hybridized carbons (Fsp3) is 0.556. The molecule has 2 N–H and O–H groups in total. The summed E-state index contributed by atoms with van der Waals surface area (Å²) in [5, 5.41) is 12.3. The van der Waals surface area contributed by atoms with Gasteiger partial charge in [0.15, 0.2) is 0 Å². The fourth-order valence-corrected chi connectivity index (χ4v) is 2.53. The molecule has 0 aromatic heterocycles. The number of ether oxygens (including phenoxy) is 1. The van der Waals surface area contributed by atoms with Crippen LogP contribution in [0.5, 0.6) is 0 Å². The summed E-state index contributed by atoms with van der Waals surface area (Å²) in [7, 11) is 0. The third kappa shape index (κ3) is 6.49. The molecule has 1 aromatic carbocycles. The molecule has 0 radical (unpaired) electrons. The van der Waals surface area contributed by atoms with E-state index in [1.54, 1.807) is 0 Å². The van der Waals surface area contributed by atoms with Crippen LogP contribution < -0.4 is 5.32 Å². The largest absolute Gasteiger partial charge is 0.395 e. The average Bonchev–Trinajstić information content (AvgIpc) is 2.99. The van der Waals surface area contributed by atoms with E-state index in [1.807, 2.05) is 0 Å². The summed E-state index contributed by atoms with van der Waals surface area (Å²) in [4.78, 5) is 0. The van der Waals surface area contributed by atoms with Gasteiger partial charge in [0.1, 0.15) is 0 Å². The van der Waals surface area contributed by atoms with Crippen LogP contribution in [0.2, 0.25) is 0 Å². The van der Waals surface area contributed by atoms with Crippen molar-refractivity contribution in [2.24, 2.45) is 0 Å². The highest BCUT2D eigenvalue weighted by Crippen LogP contribution is 2.14. The first-order valence-electron chi connectivity index (χ1n) is 8.03. The van der Waals surface area contributed by atoms with Gasteiger partial charge in [0.2, 0.25) is 0 Å². The van der Waals surface area contributed by atoms with Crippen LogP contribution in [-0.2, 0) is 11.3 Å². The number of benzene rings is 1. The van der Waals surface area contributed by atoms with E-state index in [1.165, 1.54) is 24.0 Å². The Labute approximate surface area is 140 Å². The van der Waals surface area contributed by atoms with Crippen molar-refractivity contribution < 1.29 is 9.84 Å². The van der Waals surface area contributed by atoms with E-state index in [0.717, 1.165) is 19.4 Å². The van der Waals surface area contributed by atoms with Crippen LogP contribution in [0.4, 0.5) is 0 Å². The van der Waals surface area contributed by atoms with E-state index in [0.29, 0.717) is 6.61 Å². The summed E-state index contributed by atoms with van der Waals surface area (Å²) >= 11 is 0. The van der Waals surface area contributed by atoms with Crippen molar-refractivity contribution in [3.8, 4) is 0 Å². The summed E-state index contributed by atoms with van der Waals surface area (Å²) < 4.78 is 5.88. The number of aliphatic hydroxyl groups is 1. The molecule has 124 valence electrons. The lowest BCUT2D eigenvalue weighted by Crippen LogP contribution is -2.24. The minimum Gasteiger partial charge on any atom is -0.395 e. The highest BCUT2D eigenvalue weighted by molar-refractivity contribution is 5.85. The number of unbranched alkanes of at least 4 members (excludes halogenated alkanes) is 2. The molecule has 3 nitrogen and oxygen atoms in total. The second-order valence-electron chi connectivity index (χ2n) is 5.74. The van der Waals surface area contributed by atoms with Gasteiger partial charge in [0.25, 0.3) is 0 Å². The predicted octanol–water partition coefficient (Wildman–Crippen LogP) is 3.55. The molecular formula is C18H28ClNO2. The molecule has 22 heavy (non-hydrogen) atoms. The Hall–Kier alpha value is -0.870. The Kier molecular flexibility index (Phi) is 9.41. The minimum atomic E-state index is 0. The van der Waals surface area contributed by atoms with Gasteiger partial charge < -0.3 is 15.2 Å². The highest BCUT2D eigenvalue weighted by atomic mass is 35.5. The Morgan fingerprint density at radius 1 is 1.32 bits per heavy atom. The smallest absolute Gasteiger partial charge is 0.0721 e. The third-order valence-electron chi connectivity index (χ3n) is 3.90. The van der Waals surface area contributed by atoms with Gasteiger partial charge >= 0.3 is 0 Å². The summed E-state index contributed by atoms with van der Waals surface area (Å²) in [5.74, 6) is 0. The average molecular weight is 326 g/mol. The minimum absolute atomic E-state index is 0. The first-order valence-corrected chi connectivity index (χ1v) is 8.03. The highest BCUT2D eigenvalue weighted by Gasteiger charge is 2.23.